The number of hydrazone groups is 1. The number of amides is 2. The molecular formula is C22H25N3O4. The molecule has 2 aromatic rings. The Morgan fingerprint density at radius 3 is 2.14 bits per heavy atom. The molecule has 29 heavy (non-hydrogen) atoms. The first kappa shape index (κ1) is 21.8. The molecule has 2 aromatic carbocycles. The molecule has 2 N–H and O–H groups in total. The number of methoxy groups -OCH3 is 1. The van der Waals surface area contributed by atoms with E-state index in [1.165, 1.54) is 13.3 Å². The van der Waals surface area contributed by atoms with Crippen molar-refractivity contribution in [2.45, 2.75) is 33.6 Å². The van der Waals surface area contributed by atoms with Crippen LogP contribution in [0, 0.1) is 20.8 Å². The van der Waals surface area contributed by atoms with Crippen molar-refractivity contribution in [2.75, 3.05) is 12.4 Å². The number of hydrogen-bond acceptors (Lipinski definition) is 5. The van der Waals surface area contributed by atoms with Gasteiger partial charge in [-0.2, -0.15) is 5.10 Å². The van der Waals surface area contributed by atoms with Crippen LogP contribution >= 0.6 is 0 Å². The number of ether oxygens (including phenoxy) is 1. The van der Waals surface area contributed by atoms with E-state index >= 15 is 0 Å². The molecule has 0 radical (unpaired) electrons. The van der Waals surface area contributed by atoms with E-state index in [4.69, 9.17) is 0 Å². The van der Waals surface area contributed by atoms with E-state index in [0.717, 1.165) is 22.4 Å². The molecule has 0 aliphatic heterocycles. The topological polar surface area (TPSA) is 96.9 Å². The number of nitrogens with zero attached hydrogens (tertiary/aromatic N) is 1. The number of nitrogens with one attached hydrogen (secondary N) is 2. The number of hydrogen-bond donors (Lipinski definition) is 2. The maximum atomic E-state index is 12.1. The number of esters is 1. The predicted octanol–water partition coefficient (Wildman–Crippen LogP) is 3.27. The number of carbonyl (C=O) groups excluding carboxylic acids is 3. The Morgan fingerprint density at radius 2 is 1.55 bits per heavy atom. The lowest BCUT2D eigenvalue weighted by Gasteiger charge is -2.12. The molecule has 0 aromatic heterocycles. The largest absolute Gasteiger partial charge is 0.465 e. The normalized spacial score (nSPS) is 10.6. The molecular weight excluding hydrogens is 370 g/mol. The van der Waals surface area contributed by atoms with Crippen LogP contribution in [0.5, 0.6) is 0 Å². The maximum Gasteiger partial charge on any atom is 0.337 e. The summed E-state index contributed by atoms with van der Waals surface area (Å²) in [4.78, 5) is 35.4. The molecule has 152 valence electrons. The van der Waals surface area contributed by atoms with Crippen molar-refractivity contribution < 1.29 is 19.1 Å². The minimum Gasteiger partial charge on any atom is -0.465 e. The standard InChI is InChI=1S/C22H25N3O4/c1-14-11-15(2)21(16(3)12-14)24-19(26)9-10-20(27)25-23-13-17-5-7-18(8-6-17)22(28)29-4/h5-8,11-13H,9-10H2,1-4H3,(H,24,26)(H,25,27)/b23-13-. The molecule has 0 aliphatic carbocycles. The Hall–Kier alpha value is -3.48. The summed E-state index contributed by atoms with van der Waals surface area (Å²) in [7, 11) is 1.32. The SMILES string of the molecule is COC(=O)c1ccc(/C=N\NC(=O)CCC(=O)Nc2c(C)cc(C)cc2C)cc1. The van der Waals surface area contributed by atoms with Gasteiger partial charge in [0.15, 0.2) is 0 Å². The van der Waals surface area contributed by atoms with Crippen LogP contribution in [-0.2, 0) is 14.3 Å². The highest BCUT2D eigenvalue weighted by Gasteiger charge is 2.10. The zero-order valence-corrected chi connectivity index (χ0v) is 17.0. The molecule has 2 amide bonds. The number of rotatable bonds is 7. The number of carbonyl (C=O) groups is 3. The lowest BCUT2D eigenvalue weighted by atomic mass is 10.0. The summed E-state index contributed by atoms with van der Waals surface area (Å²) in [5, 5.41) is 6.73. The van der Waals surface area contributed by atoms with Gasteiger partial charge in [-0.25, -0.2) is 10.2 Å². The first-order chi connectivity index (χ1) is 13.8. The fourth-order valence-electron chi connectivity index (χ4n) is 2.86. The van der Waals surface area contributed by atoms with Gasteiger partial charge >= 0.3 is 5.97 Å². The Labute approximate surface area is 170 Å². The second-order valence-electron chi connectivity index (χ2n) is 6.73. The van der Waals surface area contributed by atoms with Gasteiger partial charge in [-0.1, -0.05) is 29.8 Å². The van der Waals surface area contributed by atoms with Gasteiger partial charge in [0, 0.05) is 18.5 Å². The third-order valence-corrected chi connectivity index (χ3v) is 4.26. The summed E-state index contributed by atoms with van der Waals surface area (Å²) in [5.41, 5.74) is 7.43. The van der Waals surface area contributed by atoms with Gasteiger partial charge in [-0.05, 0) is 49.6 Å². The van der Waals surface area contributed by atoms with E-state index in [2.05, 4.69) is 20.6 Å². The van der Waals surface area contributed by atoms with Crippen LogP contribution in [0.25, 0.3) is 0 Å². The first-order valence-electron chi connectivity index (χ1n) is 9.18. The minimum atomic E-state index is -0.420. The molecule has 0 heterocycles. The predicted molar refractivity (Wildman–Crippen MR) is 112 cm³/mol. The Kier molecular flexibility index (Phi) is 7.65. The van der Waals surface area contributed by atoms with Gasteiger partial charge in [-0.15, -0.1) is 0 Å². The molecule has 0 unspecified atom stereocenters. The first-order valence-corrected chi connectivity index (χ1v) is 9.18. The number of benzene rings is 2. The second-order valence-corrected chi connectivity index (χ2v) is 6.73. The monoisotopic (exact) mass is 395 g/mol. The summed E-state index contributed by atoms with van der Waals surface area (Å²) >= 11 is 0. The molecule has 2 rings (SSSR count). The quantitative estimate of drug-likeness (QED) is 0.427. The van der Waals surface area contributed by atoms with Gasteiger partial charge in [0.05, 0.1) is 18.9 Å². The van der Waals surface area contributed by atoms with Crippen molar-refractivity contribution in [3.05, 3.63) is 64.2 Å². The van der Waals surface area contributed by atoms with Crippen LogP contribution in [0.4, 0.5) is 5.69 Å². The van der Waals surface area contributed by atoms with Crippen LogP contribution in [0.3, 0.4) is 0 Å². The Balaban J connectivity index is 1.80. The van der Waals surface area contributed by atoms with E-state index in [9.17, 15) is 14.4 Å². The van der Waals surface area contributed by atoms with Gasteiger partial charge in [-0.3, -0.25) is 9.59 Å². The van der Waals surface area contributed by atoms with Gasteiger partial charge < -0.3 is 10.1 Å². The van der Waals surface area contributed by atoms with Crippen LogP contribution in [0.2, 0.25) is 0 Å². The molecule has 0 saturated carbocycles. The number of aryl methyl sites for hydroxylation is 3. The van der Waals surface area contributed by atoms with Crippen LogP contribution in [-0.4, -0.2) is 31.1 Å². The molecule has 7 nitrogen and oxygen atoms in total. The molecule has 0 bridgehead atoms. The average Bonchev–Trinajstić information content (AvgIpc) is 2.69. The van der Waals surface area contributed by atoms with Crippen LogP contribution < -0.4 is 10.7 Å². The van der Waals surface area contributed by atoms with Crippen molar-refractivity contribution in [2.24, 2.45) is 5.10 Å². The molecule has 0 fully saturated rings. The molecule has 0 spiro atoms. The smallest absolute Gasteiger partial charge is 0.337 e. The summed E-state index contributed by atoms with van der Waals surface area (Å²) < 4.78 is 4.63. The zero-order valence-electron chi connectivity index (χ0n) is 17.0. The summed E-state index contributed by atoms with van der Waals surface area (Å²) in [6.07, 6.45) is 1.54. The van der Waals surface area contributed by atoms with Crippen LogP contribution in [0.15, 0.2) is 41.5 Å². The molecule has 7 heteroatoms. The van der Waals surface area contributed by atoms with Crippen molar-refractivity contribution in [3.63, 3.8) is 0 Å². The lowest BCUT2D eigenvalue weighted by molar-refractivity contribution is -0.124. The number of anilines is 1. The summed E-state index contributed by atoms with van der Waals surface area (Å²) in [6.45, 7) is 5.88. The van der Waals surface area contributed by atoms with E-state index in [1.807, 2.05) is 32.9 Å². The zero-order chi connectivity index (χ0) is 21.4. The van der Waals surface area contributed by atoms with E-state index < -0.39 is 5.97 Å². The van der Waals surface area contributed by atoms with Gasteiger partial charge in [0.1, 0.15) is 0 Å². The second kappa shape index (κ2) is 10.2. The molecule has 0 atom stereocenters. The summed E-state index contributed by atoms with van der Waals surface area (Å²) in [5.74, 6) is -1.01. The Bertz CT molecular complexity index is 911. The fraction of sp³-hybridized carbons (Fsp3) is 0.273. The Morgan fingerprint density at radius 1 is 0.966 bits per heavy atom. The maximum absolute atomic E-state index is 12.1. The third-order valence-electron chi connectivity index (χ3n) is 4.26. The van der Waals surface area contributed by atoms with Gasteiger partial charge in [0.25, 0.3) is 0 Å². The summed E-state index contributed by atoms with van der Waals surface area (Å²) in [6, 6.07) is 10.6. The van der Waals surface area contributed by atoms with Crippen molar-refractivity contribution in [1.29, 1.82) is 0 Å². The van der Waals surface area contributed by atoms with E-state index in [1.54, 1.807) is 24.3 Å². The lowest BCUT2D eigenvalue weighted by Crippen LogP contribution is -2.21. The average molecular weight is 395 g/mol. The minimum absolute atomic E-state index is 0.0222. The van der Waals surface area contributed by atoms with E-state index in [0.29, 0.717) is 11.1 Å². The van der Waals surface area contributed by atoms with Crippen LogP contribution in [0.1, 0.15) is 45.5 Å². The van der Waals surface area contributed by atoms with Crippen molar-refractivity contribution >= 4 is 29.7 Å². The highest BCUT2D eigenvalue weighted by molar-refractivity contribution is 5.95. The fourth-order valence-corrected chi connectivity index (χ4v) is 2.86. The molecule has 0 aliphatic rings. The van der Waals surface area contributed by atoms with Gasteiger partial charge in [0.2, 0.25) is 11.8 Å². The van der Waals surface area contributed by atoms with Crippen molar-refractivity contribution in [1.82, 2.24) is 5.43 Å². The van der Waals surface area contributed by atoms with E-state index in [-0.39, 0.29) is 24.7 Å². The van der Waals surface area contributed by atoms with Crippen molar-refractivity contribution in [3.8, 4) is 0 Å². The third kappa shape index (κ3) is 6.57. The highest BCUT2D eigenvalue weighted by atomic mass is 16.5. The molecule has 0 saturated heterocycles. The highest BCUT2D eigenvalue weighted by Crippen LogP contribution is 2.22.